The quantitative estimate of drug-likeness (QED) is 0.322. The molecule has 6 nitrogen and oxygen atoms in total. The maximum atomic E-state index is 13.1. The molecule has 1 heterocycles. The third kappa shape index (κ3) is 5.44. The number of pyridine rings is 1. The number of aromatic amines is 1. The van der Waals surface area contributed by atoms with Gasteiger partial charge < -0.3 is 9.47 Å². The van der Waals surface area contributed by atoms with Crippen molar-refractivity contribution < 1.29 is 19.1 Å². The number of Topliss-reactive ketones (excluding diaryl/α,β-unsaturated/α-hetero) is 1. The molecule has 0 bridgehead atoms. The number of rotatable bonds is 13. The van der Waals surface area contributed by atoms with Crippen LogP contribution in [0.2, 0.25) is 0 Å². The van der Waals surface area contributed by atoms with Gasteiger partial charge in [-0.2, -0.15) is 0 Å². The molecule has 1 aromatic rings. The van der Waals surface area contributed by atoms with Gasteiger partial charge in [0.25, 0.3) is 5.56 Å². The number of nitrogens with one attached hydrogen (secondary N) is 1. The average molecular weight is 365 g/mol. The number of aromatic nitrogens is 1. The third-order valence-electron chi connectivity index (χ3n) is 4.63. The molecule has 0 saturated carbocycles. The molecule has 1 N–H and O–H groups in total. The Labute approximate surface area is 155 Å². The van der Waals surface area contributed by atoms with Crippen LogP contribution in [0, 0.1) is 5.92 Å². The molecule has 0 saturated heterocycles. The van der Waals surface area contributed by atoms with E-state index < -0.39 is 5.56 Å². The first kappa shape index (κ1) is 21.9. The van der Waals surface area contributed by atoms with Gasteiger partial charge in [0.15, 0.2) is 17.8 Å². The van der Waals surface area contributed by atoms with E-state index in [1.807, 2.05) is 0 Å². The summed E-state index contributed by atoms with van der Waals surface area (Å²) in [7, 11) is 2.73. The first-order chi connectivity index (χ1) is 12.5. The highest BCUT2D eigenvalue weighted by Gasteiger charge is 2.28. The van der Waals surface area contributed by atoms with E-state index in [0.717, 1.165) is 44.9 Å². The molecule has 1 atom stereocenters. The lowest BCUT2D eigenvalue weighted by molar-refractivity contribution is 0.0895. The number of hydrogen-bond donors (Lipinski definition) is 1. The summed E-state index contributed by atoms with van der Waals surface area (Å²) < 4.78 is 10.3. The molecular formula is C20H31NO5. The third-order valence-corrected chi connectivity index (χ3v) is 4.63. The molecule has 0 fully saturated rings. The number of carbonyl (C=O) groups excluding carboxylic acids is 2. The Balaban J connectivity index is 3.24. The van der Waals surface area contributed by atoms with Crippen molar-refractivity contribution in [3.63, 3.8) is 0 Å². The molecule has 146 valence electrons. The summed E-state index contributed by atoms with van der Waals surface area (Å²) in [6.07, 6.45) is 8.08. The van der Waals surface area contributed by atoms with E-state index >= 15 is 0 Å². The highest BCUT2D eigenvalue weighted by Crippen LogP contribution is 2.30. The van der Waals surface area contributed by atoms with Gasteiger partial charge >= 0.3 is 0 Å². The maximum absolute atomic E-state index is 13.1. The standard InChI is InChI=1S/C20H31NO5/c1-5-7-9-10-12-14(11-8-6-2)17(23)16-15(13-22)18(25-3)20(26-4)21-19(16)24/h13-14H,5-12H2,1-4H3,(H,21,24). The van der Waals surface area contributed by atoms with Crippen molar-refractivity contribution in [1.82, 2.24) is 4.98 Å². The summed E-state index contributed by atoms with van der Waals surface area (Å²) >= 11 is 0. The zero-order chi connectivity index (χ0) is 19.5. The summed E-state index contributed by atoms with van der Waals surface area (Å²) in [4.78, 5) is 39.7. The van der Waals surface area contributed by atoms with Crippen LogP contribution in [0.5, 0.6) is 11.6 Å². The number of unbranched alkanes of at least 4 members (excludes halogenated alkanes) is 4. The van der Waals surface area contributed by atoms with E-state index in [-0.39, 0.29) is 34.5 Å². The van der Waals surface area contributed by atoms with Gasteiger partial charge in [-0.3, -0.25) is 19.4 Å². The Bertz CT molecular complexity index is 650. The number of H-pyrrole nitrogens is 1. The molecule has 6 heteroatoms. The largest absolute Gasteiger partial charge is 0.491 e. The topological polar surface area (TPSA) is 85.5 Å². The Morgan fingerprint density at radius 2 is 1.69 bits per heavy atom. The van der Waals surface area contributed by atoms with Crippen molar-refractivity contribution in [2.75, 3.05) is 14.2 Å². The second-order valence-electron chi connectivity index (χ2n) is 6.48. The van der Waals surface area contributed by atoms with Gasteiger partial charge in [0.1, 0.15) is 0 Å². The molecule has 1 aromatic heterocycles. The second kappa shape index (κ2) is 11.5. The first-order valence-electron chi connectivity index (χ1n) is 9.43. The Hall–Kier alpha value is -2.11. The average Bonchev–Trinajstić information content (AvgIpc) is 2.65. The number of hydrogen-bond acceptors (Lipinski definition) is 5. The molecule has 0 amide bonds. The van der Waals surface area contributed by atoms with Crippen molar-refractivity contribution in [1.29, 1.82) is 0 Å². The van der Waals surface area contributed by atoms with Crippen LogP contribution in [-0.2, 0) is 0 Å². The fourth-order valence-electron chi connectivity index (χ4n) is 3.16. The molecule has 0 spiro atoms. The number of ketones is 1. The number of aldehydes is 1. The Morgan fingerprint density at radius 1 is 1.04 bits per heavy atom. The molecule has 0 radical (unpaired) electrons. The van der Waals surface area contributed by atoms with Crippen molar-refractivity contribution in [3.8, 4) is 11.6 Å². The Kier molecular flexibility index (Phi) is 9.70. The van der Waals surface area contributed by atoms with Crippen molar-refractivity contribution in [2.45, 2.75) is 65.2 Å². The van der Waals surface area contributed by atoms with Crippen LogP contribution in [0.4, 0.5) is 0 Å². The van der Waals surface area contributed by atoms with E-state index in [9.17, 15) is 14.4 Å². The smallest absolute Gasteiger partial charge is 0.262 e. The predicted molar refractivity (Wildman–Crippen MR) is 102 cm³/mol. The van der Waals surface area contributed by atoms with Crippen LogP contribution in [-0.4, -0.2) is 31.3 Å². The van der Waals surface area contributed by atoms with Crippen molar-refractivity contribution in [2.24, 2.45) is 5.92 Å². The summed E-state index contributed by atoms with van der Waals surface area (Å²) in [6, 6.07) is 0. The molecule has 0 aliphatic heterocycles. The van der Waals surface area contributed by atoms with Crippen LogP contribution < -0.4 is 15.0 Å². The Morgan fingerprint density at radius 3 is 2.23 bits per heavy atom. The van der Waals surface area contributed by atoms with Gasteiger partial charge in [0.2, 0.25) is 5.88 Å². The SMILES string of the molecule is CCCCCCC(CCCC)C(=O)c1c(C=O)c(OC)c(OC)[nH]c1=O. The molecule has 0 aliphatic rings. The van der Waals surface area contributed by atoms with Crippen LogP contribution in [0.1, 0.15) is 85.9 Å². The molecule has 1 unspecified atom stereocenters. The lowest BCUT2D eigenvalue weighted by Gasteiger charge is -2.18. The van der Waals surface area contributed by atoms with Gasteiger partial charge in [-0.1, -0.05) is 52.4 Å². The first-order valence-corrected chi connectivity index (χ1v) is 9.43. The highest BCUT2D eigenvalue weighted by atomic mass is 16.5. The summed E-state index contributed by atoms with van der Waals surface area (Å²) in [5.74, 6) is -0.404. The second-order valence-corrected chi connectivity index (χ2v) is 6.48. The molecule has 0 aliphatic carbocycles. The lowest BCUT2D eigenvalue weighted by atomic mass is 9.87. The van der Waals surface area contributed by atoms with Crippen molar-refractivity contribution >= 4 is 12.1 Å². The van der Waals surface area contributed by atoms with Crippen molar-refractivity contribution in [3.05, 3.63) is 21.5 Å². The van der Waals surface area contributed by atoms with Gasteiger partial charge in [0, 0.05) is 5.92 Å². The summed E-state index contributed by atoms with van der Waals surface area (Å²) in [5, 5.41) is 0. The lowest BCUT2D eigenvalue weighted by Crippen LogP contribution is -2.27. The maximum Gasteiger partial charge on any atom is 0.262 e. The number of ether oxygens (including phenoxy) is 2. The van der Waals surface area contributed by atoms with Crippen LogP contribution in [0.15, 0.2) is 4.79 Å². The highest BCUT2D eigenvalue weighted by molar-refractivity contribution is 6.05. The zero-order valence-corrected chi connectivity index (χ0v) is 16.4. The van der Waals surface area contributed by atoms with E-state index in [1.165, 1.54) is 14.2 Å². The van der Waals surface area contributed by atoms with Gasteiger partial charge in [-0.15, -0.1) is 0 Å². The molecule has 1 rings (SSSR count). The molecule has 0 aromatic carbocycles. The van der Waals surface area contributed by atoms with Crippen LogP contribution >= 0.6 is 0 Å². The van der Waals surface area contributed by atoms with E-state index in [1.54, 1.807) is 0 Å². The van der Waals surface area contributed by atoms with E-state index in [2.05, 4.69) is 18.8 Å². The van der Waals surface area contributed by atoms with E-state index in [4.69, 9.17) is 9.47 Å². The van der Waals surface area contributed by atoms with Crippen LogP contribution in [0.3, 0.4) is 0 Å². The summed E-state index contributed by atoms with van der Waals surface area (Å²) in [5.41, 5.74) is -0.757. The minimum Gasteiger partial charge on any atom is -0.491 e. The monoisotopic (exact) mass is 365 g/mol. The minimum absolute atomic E-state index is 0.0341. The number of carbonyl (C=O) groups is 2. The van der Waals surface area contributed by atoms with Crippen LogP contribution in [0.25, 0.3) is 0 Å². The molecular weight excluding hydrogens is 334 g/mol. The fraction of sp³-hybridized carbons (Fsp3) is 0.650. The summed E-state index contributed by atoms with van der Waals surface area (Å²) in [6.45, 7) is 4.21. The van der Waals surface area contributed by atoms with E-state index in [0.29, 0.717) is 12.7 Å². The van der Waals surface area contributed by atoms with Gasteiger partial charge in [-0.05, 0) is 12.8 Å². The number of methoxy groups -OCH3 is 2. The minimum atomic E-state index is -0.607. The normalized spacial score (nSPS) is 11.8. The van der Waals surface area contributed by atoms with Gasteiger partial charge in [-0.25, -0.2) is 0 Å². The molecule has 26 heavy (non-hydrogen) atoms. The fourth-order valence-corrected chi connectivity index (χ4v) is 3.16. The predicted octanol–water partition coefficient (Wildman–Crippen LogP) is 4.16. The zero-order valence-electron chi connectivity index (χ0n) is 16.4. The van der Waals surface area contributed by atoms with Gasteiger partial charge in [0.05, 0.1) is 25.3 Å².